The first-order valence-corrected chi connectivity index (χ1v) is 5.02. The first kappa shape index (κ1) is 14.1. The highest BCUT2D eigenvalue weighted by molar-refractivity contribution is 5.94. The van der Waals surface area contributed by atoms with Gasteiger partial charge >= 0.3 is 11.9 Å². The number of nitrogens with two attached hydrogens (primary N) is 2. The second kappa shape index (κ2) is 4.72. The molecule has 5 nitrogen and oxygen atoms in total. The number of esters is 2. The van der Waals surface area contributed by atoms with Gasteiger partial charge in [-0.3, -0.25) is 0 Å². The van der Waals surface area contributed by atoms with Crippen molar-refractivity contribution in [3.8, 4) is 0 Å². The first-order chi connectivity index (χ1) is 6.67. The van der Waals surface area contributed by atoms with Crippen LogP contribution < -0.4 is 11.5 Å². The smallest absolute Gasteiger partial charge is 0.333 e. The van der Waals surface area contributed by atoms with E-state index in [9.17, 15) is 9.59 Å². The predicted octanol–water partition coefficient (Wildman–Crippen LogP) is 0.311. The van der Waals surface area contributed by atoms with Gasteiger partial charge in [0.05, 0.1) is 0 Å². The quantitative estimate of drug-likeness (QED) is 0.521. The summed E-state index contributed by atoms with van der Waals surface area (Å²) < 4.78 is 4.63. The lowest BCUT2D eigenvalue weighted by Gasteiger charge is -2.24. The third-order valence-electron chi connectivity index (χ3n) is 2.59. The average Bonchev–Trinajstić information content (AvgIpc) is 2.17. The van der Waals surface area contributed by atoms with Gasteiger partial charge in [-0.25, -0.2) is 9.59 Å². The van der Waals surface area contributed by atoms with Gasteiger partial charge in [0.2, 0.25) is 0 Å². The summed E-state index contributed by atoms with van der Waals surface area (Å²) in [5.41, 5.74) is 8.97. The van der Waals surface area contributed by atoms with Crippen LogP contribution in [0.2, 0.25) is 0 Å². The highest BCUT2D eigenvalue weighted by atomic mass is 16.6. The van der Waals surface area contributed by atoms with Crippen LogP contribution in [0.1, 0.15) is 40.5 Å². The molecule has 0 saturated carbocycles. The van der Waals surface area contributed by atoms with Crippen molar-refractivity contribution in [2.45, 2.75) is 51.6 Å². The van der Waals surface area contributed by atoms with Gasteiger partial charge < -0.3 is 16.2 Å². The van der Waals surface area contributed by atoms with Crippen molar-refractivity contribution in [2.75, 3.05) is 0 Å². The lowest BCUT2D eigenvalue weighted by Crippen LogP contribution is -2.51. The highest BCUT2D eigenvalue weighted by Crippen LogP contribution is 2.12. The third kappa shape index (κ3) is 3.60. The Bertz CT molecular complexity index is 233. The summed E-state index contributed by atoms with van der Waals surface area (Å²) in [5, 5.41) is 0. The summed E-state index contributed by atoms with van der Waals surface area (Å²) in [6.07, 6.45) is 0.791. The van der Waals surface area contributed by atoms with Crippen molar-refractivity contribution < 1.29 is 14.3 Å². The molecule has 0 aliphatic heterocycles. The number of carbonyl (C=O) groups excluding carboxylic acids is 2. The van der Waals surface area contributed by atoms with Crippen molar-refractivity contribution in [1.29, 1.82) is 0 Å². The molecule has 0 aromatic heterocycles. The maximum absolute atomic E-state index is 11.4. The zero-order valence-corrected chi connectivity index (χ0v) is 9.79. The monoisotopic (exact) mass is 216 g/mol. The SMILES string of the molecule is CCC(C)(N)C(=O)OC(=O)C(C)(N)CC. The Hall–Kier alpha value is -0.940. The molecule has 0 aromatic rings. The minimum absolute atomic E-state index is 0.395. The van der Waals surface area contributed by atoms with Crippen molar-refractivity contribution in [1.82, 2.24) is 0 Å². The lowest BCUT2D eigenvalue weighted by atomic mass is 9.99. The Kier molecular flexibility index (Phi) is 4.42. The second-order valence-electron chi connectivity index (χ2n) is 4.22. The largest absolute Gasteiger partial charge is 0.390 e. The summed E-state index contributed by atoms with van der Waals surface area (Å²) in [6.45, 7) is 6.52. The summed E-state index contributed by atoms with van der Waals surface area (Å²) in [7, 11) is 0. The van der Waals surface area contributed by atoms with E-state index >= 15 is 0 Å². The second-order valence-corrected chi connectivity index (χ2v) is 4.22. The van der Waals surface area contributed by atoms with Crippen LogP contribution in [-0.2, 0) is 14.3 Å². The molecule has 0 heterocycles. The van der Waals surface area contributed by atoms with E-state index in [1.807, 2.05) is 0 Å². The fourth-order valence-corrected chi connectivity index (χ4v) is 0.606. The van der Waals surface area contributed by atoms with Crippen LogP contribution in [0.3, 0.4) is 0 Å². The number of rotatable bonds is 4. The molecule has 0 aromatic carbocycles. The Morgan fingerprint density at radius 3 is 1.47 bits per heavy atom. The maximum atomic E-state index is 11.4. The zero-order chi connectivity index (χ0) is 12.3. The number of ether oxygens (including phenoxy) is 1. The molecular weight excluding hydrogens is 196 g/mol. The molecule has 0 aliphatic rings. The molecule has 5 heteroatoms. The lowest BCUT2D eigenvalue weighted by molar-refractivity contribution is -0.166. The van der Waals surface area contributed by atoms with Gasteiger partial charge in [0, 0.05) is 0 Å². The molecule has 0 bridgehead atoms. The van der Waals surface area contributed by atoms with E-state index in [2.05, 4.69) is 4.74 Å². The molecule has 0 radical (unpaired) electrons. The van der Waals surface area contributed by atoms with Gasteiger partial charge in [-0.1, -0.05) is 13.8 Å². The topological polar surface area (TPSA) is 95.4 Å². The zero-order valence-electron chi connectivity index (χ0n) is 9.79. The van der Waals surface area contributed by atoms with Crippen LogP contribution in [-0.4, -0.2) is 23.0 Å². The molecule has 0 rings (SSSR count). The summed E-state index contributed by atoms with van der Waals surface area (Å²) in [6, 6.07) is 0. The summed E-state index contributed by atoms with van der Waals surface area (Å²) in [5.74, 6) is -1.47. The van der Waals surface area contributed by atoms with Gasteiger partial charge in [-0.05, 0) is 26.7 Å². The molecule has 88 valence electrons. The molecule has 0 fully saturated rings. The fraction of sp³-hybridized carbons (Fsp3) is 0.800. The first-order valence-electron chi connectivity index (χ1n) is 5.02. The Morgan fingerprint density at radius 2 is 1.27 bits per heavy atom. The van der Waals surface area contributed by atoms with Crippen molar-refractivity contribution in [3.63, 3.8) is 0 Å². The standard InChI is InChI=1S/C10H20N2O3/c1-5-9(3,11)7(13)15-8(14)10(4,12)6-2/h5-6,11-12H2,1-4H3. The van der Waals surface area contributed by atoms with Gasteiger partial charge in [0.15, 0.2) is 0 Å². The highest BCUT2D eigenvalue weighted by Gasteiger charge is 2.35. The molecule has 0 saturated heterocycles. The number of hydrogen-bond donors (Lipinski definition) is 2. The fourth-order valence-electron chi connectivity index (χ4n) is 0.606. The Morgan fingerprint density at radius 1 is 1.00 bits per heavy atom. The van der Waals surface area contributed by atoms with Crippen LogP contribution in [0.5, 0.6) is 0 Å². The minimum Gasteiger partial charge on any atom is -0.390 e. The molecule has 0 spiro atoms. The normalized spacial score (nSPS) is 18.8. The molecule has 15 heavy (non-hydrogen) atoms. The van der Waals surface area contributed by atoms with Gasteiger partial charge in [-0.15, -0.1) is 0 Å². The molecular formula is C10H20N2O3. The van der Waals surface area contributed by atoms with Crippen molar-refractivity contribution >= 4 is 11.9 Å². The minimum atomic E-state index is -1.14. The molecule has 0 amide bonds. The van der Waals surface area contributed by atoms with Crippen molar-refractivity contribution in [3.05, 3.63) is 0 Å². The van der Waals surface area contributed by atoms with Gasteiger partial charge in [0.1, 0.15) is 11.1 Å². The Balaban J connectivity index is 4.51. The van der Waals surface area contributed by atoms with Crippen LogP contribution in [0.15, 0.2) is 0 Å². The van der Waals surface area contributed by atoms with E-state index in [0.29, 0.717) is 12.8 Å². The summed E-state index contributed by atoms with van der Waals surface area (Å²) in [4.78, 5) is 22.9. The van der Waals surface area contributed by atoms with Gasteiger partial charge in [0.25, 0.3) is 0 Å². The van der Waals surface area contributed by atoms with Crippen LogP contribution in [0.25, 0.3) is 0 Å². The van der Waals surface area contributed by atoms with Crippen LogP contribution in [0, 0.1) is 0 Å². The molecule has 0 aliphatic carbocycles. The number of carbonyl (C=O) groups is 2. The predicted molar refractivity (Wildman–Crippen MR) is 56.9 cm³/mol. The van der Waals surface area contributed by atoms with E-state index in [-0.39, 0.29) is 0 Å². The van der Waals surface area contributed by atoms with Crippen molar-refractivity contribution in [2.24, 2.45) is 11.5 Å². The van der Waals surface area contributed by atoms with E-state index < -0.39 is 23.0 Å². The van der Waals surface area contributed by atoms with E-state index in [1.165, 1.54) is 13.8 Å². The van der Waals surface area contributed by atoms with Gasteiger partial charge in [-0.2, -0.15) is 0 Å². The van der Waals surface area contributed by atoms with E-state index in [1.54, 1.807) is 13.8 Å². The number of hydrogen-bond acceptors (Lipinski definition) is 5. The maximum Gasteiger partial charge on any atom is 0.333 e. The van der Waals surface area contributed by atoms with Crippen LogP contribution >= 0.6 is 0 Å². The van der Waals surface area contributed by atoms with E-state index in [0.717, 1.165) is 0 Å². The third-order valence-corrected chi connectivity index (χ3v) is 2.59. The average molecular weight is 216 g/mol. The van der Waals surface area contributed by atoms with Crippen LogP contribution in [0.4, 0.5) is 0 Å². The summed E-state index contributed by atoms with van der Waals surface area (Å²) >= 11 is 0. The van der Waals surface area contributed by atoms with E-state index in [4.69, 9.17) is 11.5 Å². The molecule has 4 N–H and O–H groups in total. The Labute approximate surface area is 90.1 Å². The molecule has 2 atom stereocenters. The molecule has 2 unspecified atom stereocenters.